The third-order valence-corrected chi connectivity index (χ3v) is 12.3. The zero-order valence-corrected chi connectivity index (χ0v) is 25.9. The molecule has 0 amide bonds. The van der Waals surface area contributed by atoms with E-state index in [1.54, 1.807) is 5.57 Å². The summed E-state index contributed by atoms with van der Waals surface area (Å²) >= 11 is 0. The molecule has 0 spiro atoms. The van der Waals surface area contributed by atoms with E-state index in [1.807, 2.05) is 19.3 Å². The largest absolute Gasteiger partial charge is 0.462 e. The molecule has 1 aromatic heterocycles. The van der Waals surface area contributed by atoms with Gasteiger partial charge < -0.3 is 9.30 Å². The summed E-state index contributed by atoms with van der Waals surface area (Å²) in [4.78, 5) is 16.9. The van der Waals surface area contributed by atoms with Crippen LogP contribution in [0.2, 0.25) is 0 Å². The van der Waals surface area contributed by atoms with Gasteiger partial charge in [-0.15, -0.1) is 0 Å². The van der Waals surface area contributed by atoms with Crippen LogP contribution in [-0.2, 0) is 16.1 Å². The summed E-state index contributed by atoms with van der Waals surface area (Å²) in [5, 5.41) is 0. The summed E-state index contributed by atoms with van der Waals surface area (Å²) in [5.41, 5.74) is 2.47. The third kappa shape index (κ3) is 5.78. The van der Waals surface area contributed by atoms with Crippen LogP contribution in [-0.4, -0.2) is 21.6 Å². The highest BCUT2D eigenvalue weighted by molar-refractivity contribution is 5.69. The third-order valence-electron chi connectivity index (χ3n) is 12.3. The Morgan fingerprint density at radius 2 is 1.90 bits per heavy atom. The molecule has 5 rings (SSSR count). The zero-order valence-electron chi connectivity index (χ0n) is 25.9. The molecule has 4 heteroatoms. The number of carbonyl (C=O) groups excluding carboxylic acids is 1. The quantitative estimate of drug-likeness (QED) is 0.221. The van der Waals surface area contributed by atoms with Crippen molar-refractivity contribution >= 4 is 5.97 Å². The molecule has 0 saturated heterocycles. The Bertz CT molecular complexity index is 1030. The van der Waals surface area contributed by atoms with Crippen molar-refractivity contribution in [3.05, 3.63) is 29.9 Å². The fourth-order valence-corrected chi connectivity index (χ4v) is 10.0. The van der Waals surface area contributed by atoms with Crippen LogP contribution in [0.25, 0.3) is 0 Å². The van der Waals surface area contributed by atoms with E-state index >= 15 is 0 Å². The first-order valence-corrected chi connectivity index (χ1v) is 16.5. The monoisotopic (exact) mass is 536 g/mol. The molecular formula is C35H56N2O2. The molecule has 0 unspecified atom stereocenters. The number of allylic oxidation sites excluding steroid dienone is 1. The van der Waals surface area contributed by atoms with Crippen molar-refractivity contribution in [1.29, 1.82) is 0 Å². The lowest BCUT2D eigenvalue weighted by Gasteiger charge is -2.58. The lowest BCUT2D eigenvalue weighted by molar-refractivity contribution is -0.151. The van der Waals surface area contributed by atoms with E-state index in [0.29, 0.717) is 17.3 Å². The summed E-state index contributed by atoms with van der Waals surface area (Å²) in [6.07, 6.45) is 22.2. The highest BCUT2D eigenvalue weighted by atomic mass is 16.5. The number of esters is 1. The fraction of sp³-hybridized carbons (Fsp3) is 0.829. The number of rotatable bonds is 10. The van der Waals surface area contributed by atoms with E-state index in [1.165, 1.54) is 57.8 Å². The van der Waals surface area contributed by atoms with Crippen molar-refractivity contribution in [3.8, 4) is 0 Å². The predicted octanol–water partition coefficient (Wildman–Crippen LogP) is 8.92. The first-order chi connectivity index (χ1) is 18.6. The van der Waals surface area contributed by atoms with Gasteiger partial charge in [0.05, 0.1) is 0 Å². The van der Waals surface area contributed by atoms with Crippen molar-refractivity contribution in [2.45, 2.75) is 138 Å². The van der Waals surface area contributed by atoms with Gasteiger partial charge in [-0.3, -0.25) is 4.79 Å². The lowest BCUT2D eigenvalue weighted by Crippen LogP contribution is -2.51. The van der Waals surface area contributed by atoms with Crippen LogP contribution >= 0.6 is 0 Å². The van der Waals surface area contributed by atoms with Crippen LogP contribution in [0.1, 0.15) is 124 Å². The second-order valence-corrected chi connectivity index (χ2v) is 14.9. The molecule has 8 atom stereocenters. The number of fused-ring (bicyclic) bond motifs is 5. The van der Waals surface area contributed by atoms with Crippen molar-refractivity contribution in [2.75, 3.05) is 0 Å². The maximum absolute atomic E-state index is 12.7. The molecule has 4 aliphatic carbocycles. The maximum atomic E-state index is 12.7. The molecular weight excluding hydrogens is 480 g/mol. The van der Waals surface area contributed by atoms with Gasteiger partial charge in [0.25, 0.3) is 0 Å². The molecule has 0 N–H and O–H groups in total. The van der Waals surface area contributed by atoms with Gasteiger partial charge in [-0.05, 0) is 105 Å². The van der Waals surface area contributed by atoms with Crippen molar-refractivity contribution < 1.29 is 9.53 Å². The summed E-state index contributed by atoms with van der Waals surface area (Å²) in [6, 6.07) is 0. The van der Waals surface area contributed by atoms with Gasteiger partial charge in [-0.25, -0.2) is 4.98 Å². The molecule has 39 heavy (non-hydrogen) atoms. The SMILES string of the molecule is Cc1nccn1CCCC(=O)O[C@H]1CC[C@@]2(C)C(=CC[C@H]3[C@@H]4CC[C@H]([C@H](C)CCCC(C)C)[C@@]4(C)CC[C@@H]32)C1. The Balaban J connectivity index is 1.17. The van der Waals surface area contributed by atoms with Crippen molar-refractivity contribution in [2.24, 2.45) is 46.3 Å². The molecule has 1 heterocycles. The van der Waals surface area contributed by atoms with Gasteiger partial charge in [0.15, 0.2) is 0 Å². The normalized spacial score (nSPS) is 36.6. The molecule has 3 saturated carbocycles. The Hall–Kier alpha value is -1.58. The molecule has 218 valence electrons. The average molecular weight is 537 g/mol. The lowest BCUT2D eigenvalue weighted by atomic mass is 9.47. The van der Waals surface area contributed by atoms with Crippen molar-refractivity contribution in [3.63, 3.8) is 0 Å². The van der Waals surface area contributed by atoms with Gasteiger partial charge in [0, 0.05) is 31.8 Å². The first-order valence-electron chi connectivity index (χ1n) is 16.5. The van der Waals surface area contributed by atoms with Gasteiger partial charge in [-0.2, -0.15) is 0 Å². The second kappa shape index (κ2) is 11.7. The summed E-state index contributed by atoms with van der Waals surface area (Å²) in [7, 11) is 0. The highest BCUT2D eigenvalue weighted by Gasteiger charge is 2.59. The Labute approximate surface area is 238 Å². The minimum absolute atomic E-state index is 0.0244. The van der Waals surface area contributed by atoms with Gasteiger partial charge >= 0.3 is 5.97 Å². The Kier molecular flexibility index (Phi) is 8.70. The summed E-state index contributed by atoms with van der Waals surface area (Å²) < 4.78 is 8.15. The summed E-state index contributed by atoms with van der Waals surface area (Å²) in [6.45, 7) is 15.4. The zero-order chi connectivity index (χ0) is 27.8. The van der Waals surface area contributed by atoms with E-state index < -0.39 is 0 Å². The molecule has 0 radical (unpaired) electrons. The minimum atomic E-state index is -0.0244. The Morgan fingerprint density at radius 3 is 2.64 bits per heavy atom. The predicted molar refractivity (Wildman–Crippen MR) is 159 cm³/mol. The number of carbonyl (C=O) groups is 1. The fourth-order valence-electron chi connectivity index (χ4n) is 10.0. The first kappa shape index (κ1) is 28.9. The second-order valence-electron chi connectivity index (χ2n) is 14.9. The average Bonchev–Trinajstić information content (AvgIpc) is 3.46. The van der Waals surface area contributed by atoms with Crippen LogP contribution < -0.4 is 0 Å². The van der Waals surface area contributed by atoms with Crippen LogP contribution in [0.15, 0.2) is 24.0 Å². The number of nitrogens with zero attached hydrogens (tertiary/aromatic N) is 2. The van der Waals surface area contributed by atoms with E-state index in [-0.39, 0.29) is 12.1 Å². The van der Waals surface area contributed by atoms with Gasteiger partial charge in [0.2, 0.25) is 0 Å². The summed E-state index contributed by atoms with van der Waals surface area (Å²) in [5.74, 6) is 6.18. The highest BCUT2D eigenvalue weighted by Crippen LogP contribution is 2.67. The minimum Gasteiger partial charge on any atom is -0.462 e. The molecule has 1 aromatic rings. The number of hydrogen-bond acceptors (Lipinski definition) is 3. The molecule has 0 aliphatic heterocycles. The molecule has 0 aromatic carbocycles. The number of aryl methyl sites for hydroxylation is 2. The number of hydrogen-bond donors (Lipinski definition) is 0. The van der Waals surface area contributed by atoms with Gasteiger partial charge in [0.1, 0.15) is 11.9 Å². The van der Waals surface area contributed by atoms with Crippen LogP contribution in [0.5, 0.6) is 0 Å². The number of aromatic nitrogens is 2. The standard InChI is InChI=1S/C35H56N2O2/c1-24(2)9-7-10-25(3)30-14-15-31-29-13-12-27-23-28(16-18-34(27,5)32(29)17-19-35(30,31)6)39-33(38)11-8-21-37-22-20-36-26(37)4/h12,20,22,24-25,28-32H,7-11,13-19,21,23H2,1-6H3/t25-,28+,29+,30-,31+,32+,34+,35-/m1/s1. The van der Waals surface area contributed by atoms with E-state index in [2.05, 4.69) is 50.2 Å². The Morgan fingerprint density at radius 1 is 1.08 bits per heavy atom. The smallest absolute Gasteiger partial charge is 0.306 e. The van der Waals surface area contributed by atoms with Crippen LogP contribution in [0, 0.1) is 53.3 Å². The van der Waals surface area contributed by atoms with E-state index in [9.17, 15) is 4.79 Å². The topological polar surface area (TPSA) is 44.1 Å². The molecule has 4 aliphatic rings. The molecule has 4 nitrogen and oxygen atoms in total. The maximum Gasteiger partial charge on any atom is 0.306 e. The molecule has 0 bridgehead atoms. The van der Waals surface area contributed by atoms with Gasteiger partial charge in [-0.1, -0.05) is 65.5 Å². The number of imidazole rings is 1. The van der Waals surface area contributed by atoms with E-state index in [0.717, 1.165) is 67.1 Å². The molecule has 3 fully saturated rings. The van der Waals surface area contributed by atoms with Crippen LogP contribution in [0.3, 0.4) is 0 Å². The van der Waals surface area contributed by atoms with E-state index in [4.69, 9.17) is 4.74 Å². The van der Waals surface area contributed by atoms with Crippen LogP contribution in [0.4, 0.5) is 0 Å². The number of ether oxygens (including phenoxy) is 1. The van der Waals surface area contributed by atoms with Crippen molar-refractivity contribution in [1.82, 2.24) is 9.55 Å².